The lowest BCUT2D eigenvalue weighted by atomic mass is 9.97. The zero-order chi connectivity index (χ0) is 24.9. The maximum absolute atomic E-state index is 13.5. The smallest absolute Gasteiger partial charge is 0.253 e. The van der Waals surface area contributed by atoms with Crippen molar-refractivity contribution in [2.24, 2.45) is 5.73 Å². The summed E-state index contributed by atoms with van der Waals surface area (Å²) < 4.78 is 15.7. The Labute approximate surface area is 213 Å². The molecule has 5 rings (SSSR count). The van der Waals surface area contributed by atoms with Gasteiger partial charge in [-0.3, -0.25) is 14.5 Å². The third-order valence-electron chi connectivity index (χ3n) is 7.40. The fourth-order valence-electron chi connectivity index (χ4n) is 5.71. The molecule has 3 atom stereocenters. The summed E-state index contributed by atoms with van der Waals surface area (Å²) in [5.74, 6) is -1.14. The number of rotatable bonds is 7. The Morgan fingerprint density at radius 1 is 1.20 bits per heavy atom. The van der Waals surface area contributed by atoms with Crippen molar-refractivity contribution in [1.82, 2.24) is 14.8 Å². The molecule has 1 aromatic heterocycles. The van der Waals surface area contributed by atoms with Crippen molar-refractivity contribution >= 4 is 45.8 Å². The Kier molecular flexibility index (Phi) is 6.61. The number of benzene rings is 2. The Balaban J connectivity index is 1.53. The number of Topliss-reactive ketones (excluding diaryl/α,β-unsaturated/α-hetero) is 1. The van der Waals surface area contributed by atoms with Crippen LogP contribution in [0.4, 0.5) is 4.39 Å². The largest absolute Gasteiger partial charge is 0.347 e. The number of amides is 1. The number of fused-ring (bicyclic) bond motifs is 6. The summed E-state index contributed by atoms with van der Waals surface area (Å²) in [6, 6.07) is 9.77. The van der Waals surface area contributed by atoms with Gasteiger partial charge in [0.15, 0.2) is 0 Å². The molecule has 0 spiro atoms. The third-order valence-corrected chi connectivity index (χ3v) is 7.94. The number of nitrogens with zero attached hydrogens (tertiary/aromatic N) is 2. The van der Waals surface area contributed by atoms with E-state index in [4.69, 9.17) is 28.9 Å². The predicted molar refractivity (Wildman–Crippen MR) is 136 cm³/mol. The van der Waals surface area contributed by atoms with Gasteiger partial charge in [-0.2, -0.15) is 0 Å². The van der Waals surface area contributed by atoms with Gasteiger partial charge < -0.3 is 15.6 Å². The molecule has 2 bridgehead atoms. The van der Waals surface area contributed by atoms with E-state index in [9.17, 15) is 14.0 Å². The summed E-state index contributed by atoms with van der Waals surface area (Å²) in [5, 5.41) is 4.75. The van der Waals surface area contributed by atoms with Crippen molar-refractivity contribution in [3.8, 4) is 0 Å². The fraction of sp³-hybridized carbons (Fsp3) is 0.385. The molecule has 0 saturated carbocycles. The second kappa shape index (κ2) is 9.54. The fourth-order valence-corrected chi connectivity index (χ4v) is 6.14. The van der Waals surface area contributed by atoms with Crippen LogP contribution in [0.5, 0.6) is 0 Å². The van der Waals surface area contributed by atoms with Crippen LogP contribution in [-0.4, -0.2) is 46.8 Å². The van der Waals surface area contributed by atoms with Crippen LogP contribution in [0.15, 0.2) is 36.4 Å². The number of carbonyl (C=O) groups excluding carboxylic acids is 2. The van der Waals surface area contributed by atoms with Gasteiger partial charge >= 0.3 is 0 Å². The minimum absolute atomic E-state index is 0.0180. The van der Waals surface area contributed by atoms with Crippen LogP contribution in [0.3, 0.4) is 0 Å². The molecule has 1 saturated heterocycles. The second-order valence-corrected chi connectivity index (χ2v) is 10.3. The predicted octanol–water partition coefficient (Wildman–Crippen LogP) is 4.50. The van der Waals surface area contributed by atoms with Crippen molar-refractivity contribution in [2.75, 3.05) is 13.6 Å². The molecule has 0 aliphatic carbocycles. The van der Waals surface area contributed by atoms with Crippen LogP contribution < -0.4 is 11.1 Å². The van der Waals surface area contributed by atoms with Crippen LogP contribution in [-0.2, 0) is 17.8 Å². The summed E-state index contributed by atoms with van der Waals surface area (Å²) in [4.78, 5) is 27.8. The second-order valence-electron chi connectivity index (χ2n) is 9.49. The van der Waals surface area contributed by atoms with Gasteiger partial charge in [0.2, 0.25) is 0 Å². The highest BCUT2D eigenvalue weighted by Gasteiger charge is 2.41. The minimum atomic E-state index is -0.523. The van der Waals surface area contributed by atoms with Crippen molar-refractivity contribution in [2.45, 2.75) is 50.4 Å². The Bertz CT molecular complexity index is 1320. The molecule has 3 aromatic rings. The lowest BCUT2D eigenvalue weighted by molar-refractivity contribution is -0.118. The minimum Gasteiger partial charge on any atom is -0.347 e. The van der Waals surface area contributed by atoms with Gasteiger partial charge in [0.25, 0.3) is 5.91 Å². The quantitative estimate of drug-likeness (QED) is 0.484. The van der Waals surface area contributed by atoms with Crippen LogP contribution in [0.1, 0.15) is 46.9 Å². The molecule has 3 unspecified atom stereocenters. The van der Waals surface area contributed by atoms with Crippen molar-refractivity contribution < 1.29 is 14.0 Å². The molecule has 2 aliphatic heterocycles. The summed E-state index contributed by atoms with van der Waals surface area (Å²) >= 11 is 12.5. The van der Waals surface area contributed by atoms with Gasteiger partial charge in [0, 0.05) is 53.1 Å². The zero-order valence-corrected chi connectivity index (χ0v) is 20.9. The van der Waals surface area contributed by atoms with Crippen LogP contribution >= 0.6 is 23.2 Å². The molecule has 2 aliphatic rings. The molecule has 35 heavy (non-hydrogen) atoms. The molecule has 1 amide bonds. The summed E-state index contributed by atoms with van der Waals surface area (Å²) in [7, 11) is 2.17. The van der Waals surface area contributed by atoms with E-state index in [0.717, 1.165) is 36.2 Å². The molecule has 3 heterocycles. The number of hydrogen-bond donors (Lipinski definition) is 2. The molecule has 2 aromatic carbocycles. The number of halogens is 3. The van der Waals surface area contributed by atoms with E-state index < -0.39 is 17.8 Å². The summed E-state index contributed by atoms with van der Waals surface area (Å²) in [6.45, 7) is 0.283. The average Bonchev–Trinajstić information content (AvgIpc) is 3.22. The van der Waals surface area contributed by atoms with E-state index in [1.54, 1.807) is 0 Å². The molecule has 1 fully saturated rings. The first-order chi connectivity index (χ1) is 16.8. The van der Waals surface area contributed by atoms with Gasteiger partial charge in [-0.1, -0.05) is 23.2 Å². The van der Waals surface area contributed by atoms with Crippen LogP contribution in [0.2, 0.25) is 10.0 Å². The highest BCUT2D eigenvalue weighted by molar-refractivity contribution is 6.33. The monoisotopic (exact) mass is 516 g/mol. The topological polar surface area (TPSA) is 80.4 Å². The van der Waals surface area contributed by atoms with E-state index in [0.29, 0.717) is 23.7 Å². The number of nitrogens with two attached hydrogens (primary N) is 1. The van der Waals surface area contributed by atoms with Crippen LogP contribution in [0.25, 0.3) is 10.9 Å². The molecular weight excluding hydrogens is 490 g/mol. The first kappa shape index (κ1) is 24.3. The molecule has 3 N–H and O–H groups in total. The first-order valence-electron chi connectivity index (χ1n) is 11.8. The average molecular weight is 517 g/mol. The van der Waals surface area contributed by atoms with E-state index >= 15 is 0 Å². The first-order valence-corrected chi connectivity index (χ1v) is 12.5. The summed E-state index contributed by atoms with van der Waals surface area (Å²) in [6.07, 6.45) is 3.20. The molecule has 0 radical (unpaired) electrons. The zero-order valence-electron chi connectivity index (χ0n) is 19.4. The van der Waals surface area contributed by atoms with Crippen LogP contribution in [0, 0.1) is 5.82 Å². The highest BCUT2D eigenvalue weighted by atomic mass is 35.5. The lowest BCUT2D eigenvalue weighted by Crippen LogP contribution is -2.41. The maximum atomic E-state index is 13.5. The molecule has 9 heteroatoms. The number of carbonyl (C=O) groups is 2. The SMILES string of the molecule is CN1C2CCC1c1c(n(CC(CC(=O)CN)NC(=O)c3ccc(F)cc3Cl)c3ccc(Cl)cc13)C2. The number of aromatic nitrogens is 1. The number of ketones is 1. The Morgan fingerprint density at radius 3 is 2.74 bits per heavy atom. The number of likely N-dealkylation sites (N-methyl/N-ethyl adjacent to an activating group) is 1. The third kappa shape index (κ3) is 4.47. The van der Waals surface area contributed by atoms with E-state index in [-0.39, 0.29) is 29.3 Å². The highest BCUT2D eigenvalue weighted by Crippen LogP contribution is 2.47. The van der Waals surface area contributed by atoms with E-state index in [1.807, 2.05) is 18.2 Å². The van der Waals surface area contributed by atoms with Gasteiger partial charge in [-0.15, -0.1) is 0 Å². The van der Waals surface area contributed by atoms with Gasteiger partial charge in [-0.25, -0.2) is 4.39 Å². The normalized spacial score (nSPS) is 20.1. The van der Waals surface area contributed by atoms with Crippen molar-refractivity contribution in [3.63, 3.8) is 0 Å². The Morgan fingerprint density at radius 2 is 2.00 bits per heavy atom. The molecule has 184 valence electrons. The molecule has 6 nitrogen and oxygen atoms in total. The van der Waals surface area contributed by atoms with Crippen molar-refractivity contribution in [3.05, 3.63) is 69.1 Å². The van der Waals surface area contributed by atoms with Gasteiger partial charge in [-0.05, 0) is 61.9 Å². The number of nitrogens with one attached hydrogen (secondary N) is 1. The van der Waals surface area contributed by atoms with E-state index in [1.165, 1.54) is 23.4 Å². The Hall–Kier alpha value is -2.45. The molecular formula is C26H27Cl2FN4O2. The lowest BCUT2D eigenvalue weighted by Gasteiger charge is -2.33. The van der Waals surface area contributed by atoms with Gasteiger partial charge in [0.1, 0.15) is 11.6 Å². The van der Waals surface area contributed by atoms with E-state index in [2.05, 4.69) is 21.8 Å². The maximum Gasteiger partial charge on any atom is 0.253 e. The van der Waals surface area contributed by atoms with Crippen molar-refractivity contribution in [1.29, 1.82) is 0 Å². The summed E-state index contributed by atoms with van der Waals surface area (Å²) in [5.41, 5.74) is 9.30. The van der Waals surface area contributed by atoms with Gasteiger partial charge in [0.05, 0.1) is 23.2 Å². The standard InChI is InChI=1S/C26H27Cl2FN4O2/c1-32-17-4-7-23(32)25-20-8-14(27)2-6-22(20)33(24(25)11-17)13-16(10-18(34)12-30)31-26(35)19-5-3-15(29)9-21(19)28/h2-3,5-6,8-9,16-17,23H,4,7,10-13,30H2,1H3,(H,31,35). The number of hydrogen-bond acceptors (Lipinski definition) is 4.